The van der Waals surface area contributed by atoms with Crippen molar-refractivity contribution in [2.75, 3.05) is 13.2 Å². The molecule has 0 aliphatic rings. The SMILES string of the molecule is CCOC(=O)CC(OCC)c1ccc(OCc2cccc(-n3cccc3)c2)cc1. The molecule has 0 bridgehead atoms. The molecular formula is C24H27NO4. The summed E-state index contributed by atoms with van der Waals surface area (Å²) in [5, 5.41) is 0. The maximum atomic E-state index is 11.8. The first kappa shape index (κ1) is 20.7. The van der Waals surface area contributed by atoms with Crippen molar-refractivity contribution < 1.29 is 19.0 Å². The molecule has 3 aromatic rings. The summed E-state index contributed by atoms with van der Waals surface area (Å²) < 4.78 is 18.8. The summed E-state index contributed by atoms with van der Waals surface area (Å²) in [4.78, 5) is 11.8. The van der Waals surface area contributed by atoms with Gasteiger partial charge in [-0.1, -0.05) is 24.3 Å². The molecule has 1 heterocycles. The second-order valence-corrected chi connectivity index (χ2v) is 6.57. The summed E-state index contributed by atoms with van der Waals surface area (Å²) in [6.07, 6.45) is 3.92. The fraction of sp³-hybridized carbons (Fsp3) is 0.292. The Balaban J connectivity index is 1.61. The minimum Gasteiger partial charge on any atom is -0.489 e. The molecule has 152 valence electrons. The second-order valence-electron chi connectivity index (χ2n) is 6.57. The van der Waals surface area contributed by atoms with Crippen molar-refractivity contribution in [2.45, 2.75) is 33.0 Å². The van der Waals surface area contributed by atoms with Gasteiger partial charge in [-0.3, -0.25) is 4.79 Å². The molecule has 5 heteroatoms. The molecule has 2 aromatic carbocycles. The largest absolute Gasteiger partial charge is 0.489 e. The van der Waals surface area contributed by atoms with E-state index in [1.54, 1.807) is 6.92 Å². The topological polar surface area (TPSA) is 49.7 Å². The van der Waals surface area contributed by atoms with E-state index in [1.807, 2.05) is 67.8 Å². The Kier molecular flexibility index (Phi) is 7.47. The monoisotopic (exact) mass is 393 g/mol. The van der Waals surface area contributed by atoms with Gasteiger partial charge in [0.05, 0.1) is 19.1 Å². The minimum atomic E-state index is -0.314. The smallest absolute Gasteiger partial charge is 0.308 e. The third-order valence-corrected chi connectivity index (χ3v) is 4.50. The molecular weight excluding hydrogens is 366 g/mol. The van der Waals surface area contributed by atoms with E-state index < -0.39 is 0 Å². The van der Waals surface area contributed by atoms with E-state index in [2.05, 4.69) is 16.7 Å². The molecule has 0 amide bonds. The molecule has 1 atom stereocenters. The van der Waals surface area contributed by atoms with E-state index in [4.69, 9.17) is 14.2 Å². The summed E-state index contributed by atoms with van der Waals surface area (Å²) in [5.41, 5.74) is 3.13. The van der Waals surface area contributed by atoms with Crippen LogP contribution in [-0.2, 0) is 20.9 Å². The summed E-state index contributed by atoms with van der Waals surface area (Å²) in [6, 6.07) is 19.9. The highest BCUT2D eigenvalue weighted by Gasteiger charge is 2.17. The van der Waals surface area contributed by atoms with Gasteiger partial charge in [0, 0.05) is 24.7 Å². The van der Waals surface area contributed by atoms with Crippen LogP contribution in [0.15, 0.2) is 73.1 Å². The predicted octanol–water partition coefficient (Wildman–Crippen LogP) is 5.09. The van der Waals surface area contributed by atoms with Gasteiger partial charge < -0.3 is 18.8 Å². The highest BCUT2D eigenvalue weighted by atomic mass is 16.5. The summed E-state index contributed by atoms with van der Waals surface area (Å²) in [6.45, 7) is 5.09. The van der Waals surface area contributed by atoms with Crippen LogP contribution in [0.2, 0.25) is 0 Å². The highest BCUT2D eigenvalue weighted by Crippen LogP contribution is 2.25. The first-order chi connectivity index (χ1) is 14.2. The number of carbonyl (C=O) groups excluding carboxylic acids is 1. The second kappa shape index (κ2) is 10.5. The number of carbonyl (C=O) groups is 1. The molecule has 0 aliphatic heterocycles. The normalized spacial score (nSPS) is 11.8. The molecule has 0 fully saturated rings. The Bertz CT molecular complexity index is 888. The fourth-order valence-corrected chi connectivity index (χ4v) is 3.10. The van der Waals surface area contributed by atoms with Crippen molar-refractivity contribution >= 4 is 5.97 Å². The van der Waals surface area contributed by atoms with Gasteiger partial charge in [0.15, 0.2) is 0 Å². The average molecular weight is 393 g/mol. The number of hydrogen-bond acceptors (Lipinski definition) is 4. The van der Waals surface area contributed by atoms with E-state index in [9.17, 15) is 4.79 Å². The van der Waals surface area contributed by atoms with Crippen LogP contribution in [0.25, 0.3) is 5.69 Å². The molecule has 5 nitrogen and oxygen atoms in total. The Morgan fingerprint density at radius 2 is 1.72 bits per heavy atom. The Labute approximate surface area is 171 Å². The van der Waals surface area contributed by atoms with Gasteiger partial charge in [-0.05, 0) is 61.4 Å². The minimum absolute atomic E-state index is 0.202. The van der Waals surface area contributed by atoms with Gasteiger partial charge in [-0.15, -0.1) is 0 Å². The van der Waals surface area contributed by atoms with Crippen LogP contribution in [0, 0.1) is 0 Å². The lowest BCUT2D eigenvalue weighted by atomic mass is 10.1. The lowest BCUT2D eigenvalue weighted by Crippen LogP contribution is -2.13. The van der Waals surface area contributed by atoms with Crippen molar-refractivity contribution in [3.63, 3.8) is 0 Å². The predicted molar refractivity (Wildman–Crippen MR) is 112 cm³/mol. The number of hydrogen-bond donors (Lipinski definition) is 0. The first-order valence-electron chi connectivity index (χ1n) is 9.92. The van der Waals surface area contributed by atoms with Gasteiger partial charge in [0.1, 0.15) is 12.4 Å². The van der Waals surface area contributed by atoms with Gasteiger partial charge in [0.25, 0.3) is 0 Å². The van der Waals surface area contributed by atoms with Crippen LogP contribution in [-0.4, -0.2) is 23.8 Å². The zero-order valence-corrected chi connectivity index (χ0v) is 16.9. The molecule has 0 radical (unpaired) electrons. The van der Waals surface area contributed by atoms with E-state index in [1.165, 1.54) is 0 Å². The summed E-state index contributed by atoms with van der Waals surface area (Å²) in [5.74, 6) is 0.514. The van der Waals surface area contributed by atoms with E-state index in [0.29, 0.717) is 19.8 Å². The molecule has 0 N–H and O–H groups in total. The zero-order chi connectivity index (χ0) is 20.5. The van der Waals surface area contributed by atoms with E-state index >= 15 is 0 Å². The number of nitrogens with zero attached hydrogens (tertiary/aromatic N) is 1. The number of benzene rings is 2. The van der Waals surface area contributed by atoms with Crippen LogP contribution in [0.4, 0.5) is 0 Å². The summed E-state index contributed by atoms with van der Waals surface area (Å²) >= 11 is 0. The standard InChI is InChI=1S/C24H27NO4/c1-3-27-23(17-24(26)28-4-2)20-10-12-22(13-11-20)29-18-19-8-7-9-21(16-19)25-14-5-6-15-25/h5-16,23H,3-4,17-18H2,1-2H3. The van der Waals surface area contributed by atoms with Crippen LogP contribution >= 0.6 is 0 Å². The lowest BCUT2D eigenvalue weighted by molar-refractivity contribution is -0.146. The number of esters is 1. The quantitative estimate of drug-likeness (QED) is 0.450. The Morgan fingerprint density at radius 1 is 0.966 bits per heavy atom. The fourth-order valence-electron chi connectivity index (χ4n) is 3.10. The first-order valence-corrected chi connectivity index (χ1v) is 9.92. The molecule has 0 aliphatic carbocycles. The number of rotatable bonds is 10. The molecule has 0 saturated heterocycles. The van der Waals surface area contributed by atoms with Crippen LogP contribution < -0.4 is 4.74 Å². The number of aromatic nitrogens is 1. The van der Waals surface area contributed by atoms with Crippen molar-refractivity contribution in [3.8, 4) is 11.4 Å². The Morgan fingerprint density at radius 3 is 2.41 bits per heavy atom. The zero-order valence-electron chi connectivity index (χ0n) is 16.9. The molecule has 0 spiro atoms. The molecule has 29 heavy (non-hydrogen) atoms. The van der Waals surface area contributed by atoms with Gasteiger partial charge in [0.2, 0.25) is 0 Å². The van der Waals surface area contributed by atoms with Crippen molar-refractivity contribution in [3.05, 3.63) is 84.2 Å². The van der Waals surface area contributed by atoms with Crippen molar-refractivity contribution in [1.82, 2.24) is 4.57 Å². The van der Waals surface area contributed by atoms with Gasteiger partial charge >= 0.3 is 5.97 Å². The molecule has 1 aromatic heterocycles. The third kappa shape index (κ3) is 5.96. The molecule has 3 rings (SSSR count). The van der Waals surface area contributed by atoms with Crippen LogP contribution in [0.1, 0.15) is 37.5 Å². The summed E-state index contributed by atoms with van der Waals surface area (Å²) in [7, 11) is 0. The lowest BCUT2D eigenvalue weighted by Gasteiger charge is -2.17. The molecule has 0 saturated carbocycles. The Hall–Kier alpha value is -3.05. The van der Waals surface area contributed by atoms with E-state index in [-0.39, 0.29) is 18.5 Å². The molecule has 1 unspecified atom stereocenters. The van der Waals surface area contributed by atoms with E-state index in [0.717, 1.165) is 22.6 Å². The van der Waals surface area contributed by atoms with Gasteiger partial charge in [-0.25, -0.2) is 0 Å². The maximum Gasteiger partial charge on any atom is 0.308 e. The van der Waals surface area contributed by atoms with Crippen LogP contribution in [0.5, 0.6) is 5.75 Å². The highest BCUT2D eigenvalue weighted by molar-refractivity contribution is 5.70. The van der Waals surface area contributed by atoms with Gasteiger partial charge in [-0.2, -0.15) is 0 Å². The average Bonchev–Trinajstić information content (AvgIpc) is 3.28. The van der Waals surface area contributed by atoms with Crippen LogP contribution in [0.3, 0.4) is 0 Å². The third-order valence-electron chi connectivity index (χ3n) is 4.50. The van der Waals surface area contributed by atoms with Crippen molar-refractivity contribution in [1.29, 1.82) is 0 Å². The van der Waals surface area contributed by atoms with Crippen molar-refractivity contribution in [2.24, 2.45) is 0 Å². The maximum absolute atomic E-state index is 11.8. The number of ether oxygens (including phenoxy) is 3.